The van der Waals surface area contributed by atoms with Gasteiger partial charge in [-0.2, -0.15) is 0 Å². The number of amides is 1. The zero-order valence-corrected chi connectivity index (χ0v) is 19.7. The number of rotatable bonds is 7. The van der Waals surface area contributed by atoms with Crippen LogP contribution < -0.4 is 4.74 Å². The van der Waals surface area contributed by atoms with Crippen molar-refractivity contribution in [2.75, 3.05) is 46.5 Å². The van der Waals surface area contributed by atoms with Gasteiger partial charge in [0.15, 0.2) is 0 Å². The van der Waals surface area contributed by atoms with Gasteiger partial charge in [0.25, 0.3) is 17.4 Å². The second kappa shape index (κ2) is 10.4. The molecule has 0 saturated carbocycles. The van der Waals surface area contributed by atoms with Gasteiger partial charge in [0.05, 0.1) is 41.9 Å². The molecule has 0 aliphatic carbocycles. The smallest absolute Gasteiger partial charge is 0.295 e. The number of ether oxygens (including phenoxy) is 2. The second-order valence-corrected chi connectivity index (χ2v) is 8.56. The number of carbonyl (C=O) groups is 2. The van der Waals surface area contributed by atoms with Crippen LogP contribution in [0.15, 0.2) is 48.0 Å². The molecule has 11 heteroatoms. The van der Waals surface area contributed by atoms with Crippen LogP contribution >= 0.6 is 11.6 Å². The maximum atomic E-state index is 13.2. The van der Waals surface area contributed by atoms with Crippen LogP contribution in [-0.2, 0) is 14.3 Å². The van der Waals surface area contributed by atoms with E-state index in [9.17, 15) is 24.8 Å². The van der Waals surface area contributed by atoms with Crippen molar-refractivity contribution in [1.82, 2.24) is 9.80 Å². The summed E-state index contributed by atoms with van der Waals surface area (Å²) in [5.74, 6) is -1.69. The average molecular weight is 502 g/mol. The SMILES string of the molecule is COc1ccc(C(O)=C2C(=O)C(=O)N(CCN3CCOCC3)[C@@H]2c2cccc([N+](=O)[O-])c2)cc1Cl. The highest BCUT2D eigenvalue weighted by Gasteiger charge is 2.46. The van der Waals surface area contributed by atoms with E-state index in [0.29, 0.717) is 44.2 Å². The van der Waals surface area contributed by atoms with E-state index < -0.39 is 28.4 Å². The maximum absolute atomic E-state index is 13.2. The van der Waals surface area contributed by atoms with Gasteiger partial charge in [-0.15, -0.1) is 0 Å². The molecule has 2 heterocycles. The lowest BCUT2D eigenvalue weighted by Gasteiger charge is -2.31. The van der Waals surface area contributed by atoms with Gasteiger partial charge < -0.3 is 19.5 Å². The lowest BCUT2D eigenvalue weighted by atomic mass is 9.95. The lowest BCUT2D eigenvalue weighted by molar-refractivity contribution is -0.384. The van der Waals surface area contributed by atoms with Gasteiger partial charge in [0.1, 0.15) is 11.5 Å². The number of methoxy groups -OCH3 is 1. The van der Waals surface area contributed by atoms with E-state index in [1.165, 1.54) is 48.4 Å². The van der Waals surface area contributed by atoms with Crippen LogP contribution in [0.5, 0.6) is 5.75 Å². The van der Waals surface area contributed by atoms with Crippen molar-refractivity contribution in [3.05, 3.63) is 74.3 Å². The fraction of sp³-hybridized carbons (Fsp3) is 0.333. The third kappa shape index (κ3) is 5.00. The van der Waals surface area contributed by atoms with Crippen LogP contribution in [0, 0.1) is 10.1 Å². The highest BCUT2D eigenvalue weighted by atomic mass is 35.5. The van der Waals surface area contributed by atoms with Gasteiger partial charge in [0.2, 0.25) is 0 Å². The Morgan fingerprint density at radius 2 is 1.94 bits per heavy atom. The molecular formula is C24H24ClN3O7. The number of Topliss-reactive ketones (excluding diaryl/α,β-unsaturated/α-hetero) is 1. The Kier molecular flexibility index (Phi) is 7.34. The molecule has 184 valence electrons. The summed E-state index contributed by atoms with van der Waals surface area (Å²) in [6.45, 7) is 3.20. The summed E-state index contributed by atoms with van der Waals surface area (Å²) in [7, 11) is 1.45. The molecule has 2 fully saturated rings. The first-order chi connectivity index (χ1) is 16.8. The standard InChI is InChI=1S/C24H24ClN3O7/c1-34-19-6-5-16(14-18(19)25)22(29)20-21(15-3-2-4-17(13-15)28(32)33)27(24(31)23(20)30)8-7-26-9-11-35-12-10-26/h2-6,13-14,21,29H,7-12H2,1H3/t21-/m1/s1. The molecule has 10 nitrogen and oxygen atoms in total. The summed E-state index contributed by atoms with van der Waals surface area (Å²) >= 11 is 6.21. The summed E-state index contributed by atoms with van der Waals surface area (Å²) in [4.78, 5) is 40.6. The largest absolute Gasteiger partial charge is 0.507 e. The topological polar surface area (TPSA) is 122 Å². The van der Waals surface area contributed by atoms with Crippen LogP contribution in [0.1, 0.15) is 17.2 Å². The van der Waals surface area contributed by atoms with Gasteiger partial charge in [-0.05, 0) is 23.8 Å². The Hall–Kier alpha value is -3.47. The molecule has 2 aromatic rings. The van der Waals surface area contributed by atoms with Crippen molar-refractivity contribution in [3.63, 3.8) is 0 Å². The molecule has 35 heavy (non-hydrogen) atoms. The average Bonchev–Trinajstić information content (AvgIpc) is 3.12. The molecule has 0 aromatic heterocycles. The van der Waals surface area contributed by atoms with E-state index in [2.05, 4.69) is 4.90 Å². The molecule has 0 unspecified atom stereocenters. The number of hydrogen-bond acceptors (Lipinski definition) is 8. The minimum atomic E-state index is -1.00. The number of non-ortho nitro benzene ring substituents is 1. The van der Waals surface area contributed by atoms with Crippen molar-refractivity contribution < 1.29 is 29.1 Å². The Morgan fingerprint density at radius 3 is 2.60 bits per heavy atom. The Labute approximate surface area is 206 Å². The first-order valence-electron chi connectivity index (χ1n) is 11.0. The zero-order chi connectivity index (χ0) is 25.1. The van der Waals surface area contributed by atoms with Gasteiger partial charge in [-0.1, -0.05) is 23.7 Å². The van der Waals surface area contributed by atoms with E-state index in [4.69, 9.17) is 21.1 Å². The number of nitrogens with zero attached hydrogens (tertiary/aromatic N) is 3. The number of ketones is 1. The maximum Gasteiger partial charge on any atom is 0.295 e. The van der Waals surface area contributed by atoms with Crippen molar-refractivity contribution in [1.29, 1.82) is 0 Å². The summed E-state index contributed by atoms with van der Waals surface area (Å²) < 4.78 is 10.5. The highest BCUT2D eigenvalue weighted by molar-refractivity contribution is 6.46. The van der Waals surface area contributed by atoms with Gasteiger partial charge in [0, 0.05) is 43.9 Å². The molecule has 4 rings (SSSR count). The third-order valence-electron chi connectivity index (χ3n) is 6.12. The van der Waals surface area contributed by atoms with Crippen molar-refractivity contribution in [3.8, 4) is 5.75 Å². The predicted octanol–water partition coefficient (Wildman–Crippen LogP) is 3.01. The number of halogens is 1. The molecule has 0 bridgehead atoms. The highest BCUT2D eigenvalue weighted by Crippen LogP contribution is 2.41. The van der Waals surface area contributed by atoms with E-state index in [0.717, 1.165) is 0 Å². The molecule has 1 N–H and O–H groups in total. The monoisotopic (exact) mass is 501 g/mol. The number of likely N-dealkylation sites (tertiary alicyclic amines) is 1. The van der Waals surface area contributed by atoms with Crippen molar-refractivity contribution in [2.24, 2.45) is 0 Å². The number of hydrogen-bond donors (Lipinski definition) is 1. The normalized spacial score (nSPS) is 20.3. The number of nitro groups is 1. The van der Waals surface area contributed by atoms with Gasteiger partial charge in [-0.25, -0.2) is 0 Å². The number of aliphatic hydroxyl groups is 1. The summed E-state index contributed by atoms with van der Waals surface area (Å²) in [6, 6.07) is 9.21. The van der Waals surface area contributed by atoms with Crippen molar-refractivity contribution in [2.45, 2.75) is 6.04 Å². The van der Waals surface area contributed by atoms with E-state index >= 15 is 0 Å². The van der Waals surface area contributed by atoms with Crippen LogP contribution in [0.25, 0.3) is 5.76 Å². The van der Waals surface area contributed by atoms with Crippen LogP contribution in [0.2, 0.25) is 5.02 Å². The van der Waals surface area contributed by atoms with Gasteiger partial charge >= 0.3 is 0 Å². The second-order valence-electron chi connectivity index (χ2n) is 8.15. The van der Waals surface area contributed by atoms with E-state index in [1.54, 1.807) is 6.07 Å². The minimum Gasteiger partial charge on any atom is -0.507 e. The fourth-order valence-corrected chi connectivity index (χ4v) is 4.57. The molecule has 2 saturated heterocycles. The Balaban J connectivity index is 1.78. The van der Waals surface area contributed by atoms with Crippen LogP contribution in [0.3, 0.4) is 0 Å². The number of nitro benzene ring substituents is 1. The Bertz CT molecular complexity index is 1190. The lowest BCUT2D eigenvalue weighted by Crippen LogP contribution is -2.42. The third-order valence-corrected chi connectivity index (χ3v) is 6.42. The van der Waals surface area contributed by atoms with Crippen molar-refractivity contribution >= 4 is 34.7 Å². The Morgan fingerprint density at radius 1 is 1.20 bits per heavy atom. The predicted molar refractivity (Wildman–Crippen MR) is 127 cm³/mol. The quantitative estimate of drug-likeness (QED) is 0.202. The molecular weight excluding hydrogens is 478 g/mol. The van der Waals surface area contributed by atoms with E-state index in [-0.39, 0.29) is 28.4 Å². The first-order valence-corrected chi connectivity index (χ1v) is 11.4. The van der Waals surface area contributed by atoms with Gasteiger partial charge in [-0.3, -0.25) is 24.6 Å². The molecule has 0 radical (unpaired) electrons. The number of carbonyl (C=O) groups excluding carboxylic acids is 2. The molecule has 1 amide bonds. The summed E-state index contributed by atoms with van der Waals surface area (Å²) in [5.41, 5.74) is 0.228. The van der Waals surface area contributed by atoms with Crippen LogP contribution in [-0.4, -0.2) is 78.0 Å². The molecule has 2 aliphatic rings. The molecule has 1 atom stereocenters. The molecule has 2 aromatic carbocycles. The number of morpholine rings is 1. The van der Waals surface area contributed by atoms with E-state index in [1.807, 2.05) is 0 Å². The first kappa shape index (κ1) is 24.6. The number of benzene rings is 2. The molecule has 2 aliphatic heterocycles. The van der Waals surface area contributed by atoms with Crippen LogP contribution in [0.4, 0.5) is 5.69 Å². The number of aliphatic hydroxyl groups excluding tert-OH is 1. The zero-order valence-electron chi connectivity index (χ0n) is 19.0. The fourth-order valence-electron chi connectivity index (χ4n) is 4.31. The minimum absolute atomic E-state index is 0.154. The summed E-state index contributed by atoms with van der Waals surface area (Å²) in [5, 5.41) is 22.8. The molecule has 0 spiro atoms. The summed E-state index contributed by atoms with van der Waals surface area (Å²) in [6.07, 6.45) is 0.